The fraction of sp³-hybridized carbons (Fsp3) is 0.0833. The van der Waals surface area contributed by atoms with E-state index in [4.69, 9.17) is 5.26 Å². The number of hydrogen-bond acceptors (Lipinski definition) is 3. The fourth-order valence-electron chi connectivity index (χ4n) is 1.47. The van der Waals surface area contributed by atoms with Crippen molar-refractivity contribution in [3.8, 4) is 6.07 Å². The molecule has 0 radical (unpaired) electrons. The first-order chi connectivity index (χ1) is 8.11. The van der Waals surface area contributed by atoms with Crippen molar-refractivity contribution in [3.05, 3.63) is 33.9 Å². The van der Waals surface area contributed by atoms with Crippen LogP contribution in [0.2, 0.25) is 0 Å². The van der Waals surface area contributed by atoms with E-state index in [0.29, 0.717) is 4.60 Å². The lowest BCUT2D eigenvalue weighted by Crippen LogP contribution is -1.92. The number of halogens is 1. The molecule has 0 aliphatic carbocycles. The standard InChI is InChI=1S/C12H8BrN3O/c1-7(17)9(6-14)4-8-2-3-11-10(5-8)12(13)16-15-11/h2-5H,1H3,(H,15,16). The zero-order valence-corrected chi connectivity index (χ0v) is 10.6. The minimum absolute atomic E-state index is 0.143. The lowest BCUT2D eigenvalue weighted by atomic mass is 10.1. The van der Waals surface area contributed by atoms with E-state index in [0.717, 1.165) is 16.5 Å². The summed E-state index contributed by atoms with van der Waals surface area (Å²) < 4.78 is 0.712. The Morgan fingerprint density at radius 3 is 3.00 bits per heavy atom. The van der Waals surface area contributed by atoms with Gasteiger partial charge in [-0.15, -0.1) is 0 Å². The van der Waals surface area contributed by atoms with Crippen molar-refractivity contribution in [3.63, 3.8) is 0 Å². The molecule has 0 bridgehead atoms. The van der Waals surface area contributed by atoms with Crippen molar-refractivity contribution in [2.24, 2.45) is 0 Å². The molecule has 1 aromatic heterocycles. The number of allylic oxidation sites excluding steroid dienone is 1. The van der Waals surface area contributed by atoms with Gasteiger partial charge in [0, 0.05) is 5.39 Å². The third-order valence-corrected chi connectivity index (χ3v) is 2.96. The van der Waals surface area contributed by atoms with Gasteiger partial charge < -0.3 is 0 Å². The molecule has 0 saturated heterocycles. The second-order valence-corrected chi connectivity index (χ2v) is 4.30. The van der Waals surface area contributed by atoms with Gasteiger partial charge in [-0.25, -0.2) is 0 Å². The minimum Gasteiger partial charge on any atom is -0.294 e. The van der Waals surface area contributed by atoms with Crippen molar-refractivity contribution in [2.75, 3.05) is 0 Å². The first-order valence-corrected chi connectivity index (χ1v) is 5.67. The summed E-state index contributed by atoms with van der Waals surface area (Å²) in [5.41, 5.74) is 1.84. The summed E-state index contributed by atoms with van der Waals surface area (Å²) in [7, 11) is 0. The molecule has 0 spiro atoms. The smallest absolute Gasteiger partial charge is 0.170 e. The van der Waals surface area contributed by atoms with Gasteiger partial charge in [0.2, 0.25) is 0 Å². The van der Waals surface area contributed by atoms with E-state index >= 15 is 0 Å². The molecule has 2 aromatic rings. The van der Waals surface area contributed by atoms with E-state index in [1.54, 1.807) is 6.08 Å². The van der Waals surface area contributed by atoms with Crippen LogP contribution >= 0.6 is 15.9 Å². The Morgan fingerprint density at radius 2 is 2.35 bits per heavy atom. The van der Waals surface area contributed by atoms with Crippen LogP contribution in [0.3, 0.4) is 0 Å². The van der Waals surface area contributed by atoms with Crippen LogP contribution in [0.4, 0.5) is 0 Å². The molecule has 0 atom stereocenters. The number of carbonyl (C=O) groups excluding carboxylic acids is 1. The molecule has 0 aliphatic heterocycles. The molecule has 1 heterocycles. The number of Topliss-reactive ketones (excluding diaryl/α,β-unsaturated/α-hetero) is 1. The highest BCUT2D eigenvalue weighted by molar-refractivity contribution is 9.10. The predicted octanol–water partition coefficient (Wildman–Crippen LogP) is 2.82. The summed E-state index contributed by atoms with van der Waals surface area (Å²) in [5.74, 6) is -0.237. The topological polar surface area (TPSA) is 69.5 Å². The molecule has 17 heavy (non-hydrogen) atoms. The Bertz CT molecular complexity index is 664. The normalized spacial score (nSPS) is 11.5. The molecule has 1 aromatic carbocycles. The highest BCUT2D eigenvalue weighted by Gasteiger charge is 2.05. The first-order valence-electron chi connectivity index (χ1n) is 4.88. The summed E-state index contributed by atoms with van der Waals surface area (Å²) in [6.07, 6.45) is 1.57. The Labute approximate surface area is 106 Å². The molecule has 5 heteroatoms. The van der Waals surface area contributed by atoms with Gasteiger partial charge in [-0.05, 0) is 46.6 Å². The number of rotatable bonds is 2. The van der Waals surface area contributed by atoms with Gasteiger partial charge in [0.1, 0.15) is 10.7 Å². The van der Waals surface area contributed by atoms with Gasteiger partial charge in [0.15, 0.2) is 5.78 Å². The van der Waals surface area contributed by atoms with Crippen molar-refractivity contribution >= 4 is 38.7 Å². The summed E-state index contributed by atoms with van der Waals surface area (Å²) in [6, 6.07) is 7.43. The Kier molecular flexibility index (Phi) is 3.07. The SMILES string of the molecule is CC(=O)C(C#N)=Cc1ccc2[nH]nc(Br)c2c1. The van der Waals surface area contributed by atoms with E-state index in [-0.39, 0.29) is 11.4 Å². The van der Waals surface area contributed by atoms with Crippen LogP contribution in [0, 0.1) is 11.3 Å². The summed E-state index contributed by atoms with van der Waals surface area (Å²) >= 11 is 3.32. The molecule has 0 fully saturated rings. The molecule has 1 N–H and O–H groups in total. The van der Waals surface area contributed by atoms with E-state index in [1.165, 1.54) is 6.92 Å². The Morgan fingerprint density at radius 1 is 1.59 bits per heavy atom. The number of benzene rings is 1. The summed E-state index contributed by atoms with van der Waals surface area (Å²) in [5, 5.41) is 16.6. The number of nitrogens with one attached hydrogen (secondary N) is 1. The number of hydrogen-bond donors (Lipinski definition) is 1. The largest absolute Gasteiger partial charge is 0.294 e. The highest BCUT2D eigenvalue weighted by atomic mass is 79.9. The van der Waals surface area contributed by atoms with E-state index < -0.39 is 0 Å². The maximum Gasteiger partial charge on any atom is 0.170 e. The molecule has 0 unspecified atom stereocenters. The number of carbonyl (C=O) groups is 1. The number of fused-ring (bicyclic) bond motifs is 1. The lowest BCUT2D eigenvalue weighted by Gasteiger charge is -1.96. The first kappa shape index (κ1) is 11.6. The molecule has 0 amide bonds. The van der Waals surface area contributed by atoms with Crippen LogP contribution in [-0.2, 0) is 4.79 Å². The zero-order valence-electron chi connectivity index (χ0n) is 8.99. The van der Waals surface area contributed by atoms with Crippen LogP contribution in [0.1, 0.15) is 12.5 Å². The van der Waals surface area contributed by atoms with Crippen molar-refractivity contribution < 1.29 is 4.79 Å². The van der Waals surface area contributed by atoms with Gasteiger partial charge in [0.25, 0.3) is 0 Å². The molecule has 84 valence electrons. The average Bonchev–Trinajstić information content (AvgIpc) is 2.67. The quantitative estimate of drug-likeness (QED) is 0.683. The van der Waals surface area contributed by atoms with Gasteiger partial charge in [-0.3, -0.25) is 9.89 Å². The van der Waals surface area contributed by atoms with Crippen LogP contribution in [0.15, 0.2) is 28.4 Å². The number of ketones is 1. The monoisotopic (exact) mass is 289 g/mol. The second-order valence-electron chi connectivity index (χ2n) is 3.55. The lowest BCUT2D eigenvalue weighted by molar-refractivity contribution is -0.113. The average molecular weight is 290 g/mol. The third-order valence-electron chi connectivity index (χ3n) is 2.35. The number of H-pyrrole nitrogens is 1. The van der Waals surface area contributed by atoms with E-state index in [1.807, 2.05) is 24.3 Å². The zero-order chi connectivity index (χ0) is 12.4. The highest BCUT2D eigenvalue weighted by Crippen LogP contribution is 2.23. The molecule has 4 nitrogen and oxygen atoms in total. The van der Waals surface area contributed by atoms with Gasteiger partial charge >= 0.3 is 0 Å². The minimum atomic E-state index is -0.237. The van der Waals surface area contributed by atoms with E-state index in [2.05, 4.69) is 26.1 Å². The Hall–Kier alpha value is -1.93. The number of nitrogens with zero attached hydrogens (tertiary/aromatic N) is 2. The molecule has 0 aliphatic rings. The summed E-state index contributed by atoms with van der Waals surface area (Å²) in [6.45, 7) is 1.38. The Balaban J connectivity index is 2.54. The molecule has 2 rings (SSSR count). The molecular formula is C12H8BrN3O. The van der Waals surface area contributed by atoms with Crippen LogP contribution in [0.25, 0.3) is 17.0 Å². The van der Waals surface area contributed by atoms with Crippen LogP contribution in [0.5, 0.6) is 0 Å². The molecular weight excluding hydrogens is 282 g/mol. The maximum absolute atomic E-state index is 11.1. The van der Waals surface area contributed by atoms with Crippen molar-refractivity contribution in [2.45, 2.75) is 6.92 Å². The number of aromatic amines is 1. The fourth-order valence-corrected chi connectivity index (χ4v) is 1.89. The number of aromatic nitrogens is 2. The van der Waals surface area contributed by atoms with Crippen molar-refractivity contribution in [1.29, 1.82) is 5.26 Å². The van der Waals surface area contributed by atoms with Crippen molar-refractivity contribution in [1.82, 2.24) is 10.2 Å². The van der Waals surface area contributed by atoms with Crippen LogP contribution < -0.4 is 0 Å². The third kappa shape index (κ3) is 2.27. The predicted molar refractivity (Wildman–Crippen MR) is 68.1 cm³/mol. The van der Waals surface area contributed by atoms with Gasteiger partial charge in [-0.1, -0.05) is 6.07 Å². The van der Waals surface area contributed by atoms with Gasteiger partial charge in [-0.2, -0.15) is 10.4 Å². The van der Waals surface area contributed by atoms with E-state index in [9.17, 15) is 4.79 Å². The maximum atomic E-state index is 11.1. The van der Waals surface area contributed by atoms with Crippen LogP contribution in [-0.4, -0.2) is 16.0 Å². The number of nitriles is 1. The van der Waals surface area contributed by atoms with Gasteiger partial charge in [0.05, 0.1) is 11.1 Å². The summed E-state index contributed by atoms with van der Waals surface area (Å²) in [4.78, 5) is 11.1. The molecule has 0 saturated carbocycles. The second kappa shape index (κ2) is 4.52.